The highest BCUT2D eigenvalue weighted by molar-refractivity contribution is 7.87. The van der Waals surface area contributed by atoms with Crippen molar-refractivity contribution in [3.05, 3.63) is 41.6 Å². The van der Waals surface area contributed by atoms with Crippen molar-refractivity contribution in [1.82, 2.24) is 9.55 Å². The summed E-state index contributed by atoms with van der Waals surface area (Å²) in [4.78, 5) is 3.61. The summed E-state index contributed by atoms with van der Waals surface area (Å²) >= 11 is 5.75. The molecule has 0 aliphatic carbocycles. The van der Waals surface area contributed by atoms with Crippen LogP contribution < -0.4 is 4.18 Å². The van der Waals surface area contributed by atoms with Crippen LogP contribution in [0.15, 0.2) is 35.6 Å². The Labute approximate surface area is 108 Å². The highest BCUT2D eigenvalue weighted by Crippen LogP contribution is 2.24. The number of hydrogen-bond donors (Lipinski definition) is 0. The summed E-state index contributed by atoms with van der Waals surface area (Å²) in [5.41, 5.74) is 0. The van der Waals surface area contributed by atoms with Crippen LogP contribution in [0.5, 0.6) is 5.75 Å². The monoisotopic (exact) mass is 290 g/mol. The Morgan fingerprint density at radius 3 is 2.61 bits per heavy atom. The molecule has 0 aliphatic rings. The van der Waals surface area contributed by atoms with E-state index in [2.05, 4.69) is 9.17 Å². The SMILES string of the molecule is Cn1cnc(S(=O)(=O)Oc2ccccc2F)c1Cl. The lowest BCUT2D eigenvalue weighted by atomic mass is 10.3. The molecule has 0 amide bonds. The summed E-state index contributed by atoms with van der Waals surface area (Å²) < 4.78 is 42.9. The molecule has 1 aromatic heterocycles. The van der Waals surface area contributed by atoms with Crippen molar-refractivity contribution in [3.63, 3.8) is 0 Å². The zero-order valence-electron chi connectivity index (χ0n) is 9.17. The standard InChI is InChI=1S/C10H8ClFN2O3S/c1-14-6-13-10(9(14)11)18(15,16)17-8-5-3-2-4-7(8)12/h2-6H,1H3. The van der Waals surface area contributed by atoms with Gasteiger partial charge in [0.2, 0.25) is 5.03 Å². The van der Waals surface area contributed by atoms with Gasteiger partial charge in [-0.25, -0.2) is 9.37 Å². The van der Waals surface area contributed by atoms with Gasteiger partial charge in [-0.1, -0.05) is 23.7 Å². The number of hydrogen-bond acceptors (Lipinski definition) is 4. The van der Waals surface area contributed by atoms with Gasteiger partial charge >= 0.3 is 10.1 Å². The summed E-state index contributed by atoms with van der Waals surface area (Å²) in [5.74, 6) is -1.19. The molecule has 96 valence electrons. The third-order valence-corrected chi connectivity index (χ3v) is 3.84. The molecule has 0 atom stereocenters. The van der Waals surface area contributed by atoms with Crippen molar-refractivity contribution in [2.24, 2.45) is 7.05 Å². The average Bonchev–Trinajstić information content (AvgIpc) is 2.63. The zero-order chi connectivity index (χ0) is 13.3. The van der Waals surface area contributed by atoms with Gasteiger partial charge < -0.3 is 8.75 Å². The number of halogens is 2. The van der Waals surface area contributed by atoms with Crippen LogP contribution >= 0.6 is 11.6 Å². The van der Waals surface area contributed by atoms with Gasteiger partial charge in [-0.15, -0.1) is 0 Å². The highest BCUT2D eigenvalue weighted by atomic mass is 35.5. The predicted octanol–water partition coefficient (Wildman–Crippen LogP) is 1.98. The van der Waals surface area contributed by atoms with E-state index in [1.54, 1.807) is 0 Å². The Morgan fingerprint density at radius 2 is 2.06 bits per heavy atom. The van der Waals surface area contributed by atoms with Gasteiger partial charge in [0.25, 0.3) is 0 Å². The number of rotatable bonds is 3. The molecular formula is C10H8ClFN2O3S. The second kappa shape index (κ2) is 4.58. The second-order valence-electron chi connectivity index (χ2n) is 3.42. The first-order chi connectivity index (χ1) is 8.42. The van der Waals surface area contributed by atoms with Crippen molar-refractivity contribution in [2.75, 3.05) is 0 Å². The molecule has 0 aliphatic heterocycles. The van der Waals surface area contributed by atoms with Crippen LogP contribution in [-0.2, 0) is 17.2 Å². The number of para-hydroxylation sites is 1. The molecule has 2 aromatic rings. The smallest absolute Gasteiger partial charge is 0.360 e. The highest BCUT2D eigenvalue weighted by Gasteiger charge is 2.25. The second-order valence-corrected chi connectivity index (χ2v) is 5.24. The first-order valence-electron chi connectivity index (χ1n) is 4.77. The van der Waals surface area contributed by atoms with Gasteiger partial charge in [0.15, 0.2) is 16.7 Å². The predicted molar refractivity (Wildman–Crippen MR) is 62.4 cm³/mol. The summed E-state index contributed by atoms with van der Waals surface area (Å²) in [6, 6.07) is 5.16. The number of nitrogens with zero attached hydrogens (tertiary/aromatic N) is 2. The molecule has 0 saturated heterocycles. The first-order valence-corrected chi connectivity index (χ1v) is 6.56. The van der Waals surface area contributed by atoms with Crippen LogP contribution in [-0.4, -0.2) is 18.0 Å². The van der Waals surface area contributed by atoms with E-state index < -0.39 is 26.7 Å². The van der Waals surface area contributed by atoms with E-state index in [1.165, 1.54) is 36.1 Å². The van der Waals surface area contributed by atoms with Crippen molar-refractivity contribution < 1.29 is 17.0 Å². The van der Waals surface area contributed by atoms with Crippen molar-refractivity contribution in [2.45, 2.75) is 5.03 Å². The average molecular weight is 291 g/mol. The van der Waals surface area contributed by atoms with Crippen LogP contribution in [0.25, 0.3) is 0 Å². The van der Waals surface area contributed by atoms with E-state index >= 15 is 0 Å². The van der Waals surface area contributed by atoms with Crippen LogP contribution in [0.3, 0.4) is 0 Å². The topological polar surface area (TPSA) is 61.2 Å². The quantitative estimate of drug-likeness (QED) is 0.811. The maximum absolute atomic E-state index is 13.3. The number of imidazole rings is 1. The fourth-order valence-electron chi connectivity index (χ4n) is 1.23. The number of aryl methyl sites for hydroxylation is 1. The van der Waals surface area contributed by atoms with E-state index in [1.807, 2.05) is 0 Å². The molecule has 0 fully saturated rings. The van der Waals surface area contributed by atoms with E-state index in [4.69, 9.17) is 11.6 Å². The lowest BCUT2D eigenvalue weighted by Crippen LogP contribution is -2.11. The van der Waals surface area contributed by atoms with Crippen molar-refractivity contribution in [1.29, 1.82) is 0 Å². The number of aromatic nitrogens is 2. The fourth-order valence-corrected chi connectivity index (χ4v) is 2.58. The molecule has 0 spiro atoms. The maximum atomic E-state index is 13.3. The summed E-state index contributed by atoms with van der Waals surface area (Å²) in [6.45, 7) is 0. The lowest BCUT2D eigenvalue weighted by Gasteiger charge is -2.05. The van der Waals surface area contributed by atoms with Crippen LogP contribution in [0.1, 0.15) is 0 Å². The molecule has 0 N–H and O–H groups in total. The maximum Gasteiger partial charge on any atom is 0.360 e. The molecular weight excluding hydrogens is 283 g/mol. The molecule has 0 unspecified atom stereocenters. The van der Waals surface area contributed by atoms with Gasteiger partial charge in [-0.2, -0.15) is 8.42 Å². The van der Waals surface area contributed by atoms with Crippen LogP contribution in [0, 0.1) is 5.82 Å². The summed E-state index contributed by atoms with van der Waals surface area (Å²) in [6.07, 6.45) is 1.22. The Bertz CT molecular complexity index is 684. The van der Waals surface area contributed by atoms with Gasteiger partial charge in [-0.05, 0) is 12.1 Å². The minimum absolute atomic E-state index is 0.105. The van der Waals surface area contributed by atoms with Crippen LogP contribution in [0.4, 0.5) is 4.39 Å². The van der Waals surface area contributed by atoms with Crippen LogP contribution in [0.2, 0.25) is 5.15 Å². The third-order valence-electron chi connectivity index (χ3n) is 2.11. The molecule has 5 nitrogen and oxygen atoms in total. The van der Waals surface area contributed by atoms with Crippen molar-refractivity contribution >= 4 is 21.7 Å². The summed E-state index contributed by atoms with van der Waals surface area (Å²) in [5, 5.41) is -0.554. The Balaban J connectivity index is 2.40. The number of benzene rings is 1. The molecule has 8 heteroatoms. The Kier molecular flexibility index (Phi) is 3.27. The molecule has 0 saturated carbocycles. The minimum atomic E-state index is -4.25. The van der Waals surface area contributed by atoms with E-state index in [9.17, 15) is 12.8 Å². The Hall–Kier alpha value is -1.60. The first kappa shape index (κ1) is 12.8. The van der Waals surface area contributed by atoms with Gasteiger partial charge in [0.05, 0.1) is 6.33 Å². The van der Waals surface area contributed by atoms with E-state index in [-0.39, 0.29) is 5.15 Å². The fraction of sp³-hybridized carbons (Fsp3) is 0.100. The van der Waals surface area contributed by atoms with Gasteiger partial charge in [-0.3, -0.25) is 0 Å². The normalized spacial score (nSPS) is 11.5. The van der Waals surface area contributed by atoms with E-state index in [0.29, 0.717) is 0 Å². The van der Waals surface area contributed by atoms with Crippen molar-refractivity contribution in [3.8, 4) is 5.75 Å². The lowest BCUT2D eigenvalue weighted by molar-refractivity contribution is 0.459. The van der Waals surface area contributed by atoms with Gasteiger partial charge in [0, 0.05) is 7.05 Å². The summed E-state index contributed by atoms with van der Waals surface area (Å²) in [7, 11) is -2.72. The largest absolute Gasteiger partial charge is 0.375 e. The third kappa shape index (κ3) is 2.32. The van der Waals surface area contributed by atoms with Gasteiger partial charge in [0.1, 0.15) is 0 Å². The molecule has 2 rings (SSSR count). The molecule has 0 radical (unpaired) electrons. The van der Waals surface area contributed by atoms with E-state index in [0.717, 1.165) is 6.07 Å². The molecule has 1 heterocycles. The zero-order valence-corrected chi connectivity index (χ0v) is 10.7. The Morgan fingerprint density at radius 1 is 1.39 bits per heavy atom. The minimum Gasteiger partial charge on any atom is -0.375 e. The molecule has 1 aromatic carbocycles. The molecule has 0 bridgehead atoms. The molecule has 18 heavy (non-hydrogen) atoms.